The molecule has 3 nitrogen and oxygen atoms in total. The molecule has 1 aliphatic heterocycles. The van der Waals surface area contributed by atoms with E-state index in [1.165, 1.54) is 18.5 Å². The van der Waals surface area contributed by atoms with E-state index in [1.54, 1.807) is 0 Å². The first-order chi connectivity index (χ1) is 10.5. The summed E-state index contributed by atoms with van der Waals surface area (Å²) in [6, 6.07) is 0. The second-order valence-corrected chi connectivity index (χ2v) is 9.45. The maximum Gasteiger partial charge on any atom is 0.194 e. The van der Waals surface area contributed by atoms with Crippen molar-refractivity contribution in [2.24, 2.45) is 5.41 Å². The number of aliphatic hydroxyl groups is 1. The zero-order chi connectivity index (χ0) is 15.8. The quantitative estimate of drug-likeness (QED) is 0.492. The lowest BCUT2D eigenvalue weighted by molar-refractivity contribution is -0.139. The minimum atomic E-state index is -0.726. The van der Waals surface area contributed by atoms with E-state index < -0.39 is 13.1 Å². The van der Waals surface area contributed by atoms with Gasteiger partial charge < -0.3 is 10.0 Å². The fourth-order valence-corrected chi connectivity index (χ4v) is 5.36. The van der Waals surface area contributed by atoms with Crippen molar-refractivity contribution in [2.45, 2.75) is 57.0 Å². The predicted octanol–water partition coefficient (Wildman–Crippen LogP) is 3.33. The smallest absolute Gasteiger partial charge is 0.194 e. The molecule has 1 unspecified atom stereocenters. The number of carbonyl (C=O) groups excluding carboxylic acids is 1. The normalized spacial score (nSPS) is 32.7. The van der Waals surface area contributed by atoms with Crippen LogP contribution in [0.1, 0.15) is 51.4 Å². The van der Waals surface area contributed by atoms with Crippen molar-refractivity contribution >= 4 is 19.8 Å². The first-order valence-electron chi connectivity index (χ1n) is 8.50. The first kappa shape index (κ1) is 16.2. The average Bonchev–Trinajstić information content (AvgIpc) is 3.03. The van der Waals surface area contributed by atoms with Gasteiger partial charge in [-0.2, -0.15) is 0 Å². The molecule has 1 spiro atoms. The summed E-state index contributed by atoms with van der Waals surface area (Å²) in [5, 5.41) is 11.6. The Morgan fingerprint density at radius 1 is 1.36 bits per heavy atom. The molecule has 1 N–H and O–H groups in total. The number of β-amino-alcohol motifs (C(OH)–C–C–N with tert-alkyl or cyclic N) is 1. The molecule has 1 saturated heterocycles. The molecule has 122 valence electrons. The Labute approximate surface area is 135 Å². The summed E-state index contributed by atoms with van der Waals surface area (Å²) in [6.07, 6.45) is 16.4. The monoisotopic (exact) mass is 321 g/mol. The van der Waals surface area contributed by atoms with Gasteiger partial charge in [-0.25, -0.2) is 0 Å². The number of hydrogen-bond acceptors (Lipinski definition) is 2. The highest BCUT2D eigenvalue weighted by Gasteiger charge is 2.52. The Bertz CT molecular complexity index is 495. The SMILES string of the molecule is C=[P+](C)[C-]1CC(=O)N(C[C@]2(O)CCC=CCC23CCCC3)C1. The predicted molar refractivity (Wildman–Crippen MR) is 93.2 cm³/mol. The largest absolute Gasteiger partial charge is 0.387 e. The summed E-state index contributed by atoms with van der Waals surface area (Å²) in [7, 11) is -0.408. The lowest BCUT2D eigenvalue weighted by atomic mass is 9.67. The zero-order valence-electron chi connectivity index (χ0n) is 13.7. The number of carbonyl (C=O) groups is 1. The molecule has 3 aliphatic rings. The van der Waals surface area contributed by atoms with Gasteiger partial charge in [0.05, 0.1) is 12.3 Å². The van der Waals surface area contributed by atoms with Crippen molar-refractivity contribution in [1.29, 1.82) is 0 Å². The van der Waals surface area contributed by atoms with Crippen molar-refractivity contribution < 1.29 is 9.90 Å². The molecule has 2 fully saturated rings. The summed E-state index contributed by atoms with van der Waals surface area (Å²) < 4.78 is 0. The molecule has 0 radical (unpaired) electrons. The van der Waals surface area contributed by atoms with Crippen molar-refractivity contribution in [3.8, 4) is 0 Å². The van der Waals surface area contributed by atoms with Crippen LogP contribution in [0.4, 0.5) is 0 Å². The molecule has 0 bridgehead atoms. The van der Waals surface area contributed by atoms with E-state index in [9.17, 15) is 9.90 Å². The Balaban J connectivity index is 1.79. The molecule has 4 heteroatoms. The van der Waals surface area contributed by atoms with Crippen molar-refractivity contribution in [3.63, 3.8) is 0 Å². The molecule has 2 atom stereocenters. The lowest BCUT2D eigenvalue weighted by Crippen LogP contribution is -2.54. The van der Waals surface area contributed by atoms with Gasteiger partial charge in [0, 0.05) is 18.3 Å². The van der Waals surface area contributed by atoms with Crippen molar-refractivity contribution in [1.82, 2.24) is 4.90 Å². The van der Waals surface area contributed by atoms with E-state index in [0.717, 1.165) is 38.6 Å². The highest BCUT2D eigenvalue weighted by molar-refractivity contribution is 7.58. The van der Waals surface area contributed by atoms with Crippen LogP contribution < -0.4 is 0 Å². The number of hydrogen-bond donors (Lipinski definition) is 1. The summed E-state index contributed by atoms with van der Waals surface area (Å²) in [5.74, 6) is 0.187. The Hall–Kier alpha value is -0.660. The van der Waals surface area contributed by atoms with Crippen LogP contribution in [0.5, 0.6) is 0 Å². The minimum Gasteiger partial charge on any atom is -0.387 e. The van der Waals surface area contributed by atoms with E-state index in [4.69, 9.17) is 0 Å². The minimum absolute atomic E-state index is 0.00948. The lowest BCUT2D eigenvalue weighted by Gasteiger charge is -2.46. The van der Waals surface area contributed by atoms with Gasteiger partial charge in [0.25, 0.3) is 0 Å². The van der Waals surface area contributed by atoms with Crippen LogP contribution >= 0.6 is 7.55 Å². The molecule has 0 aromatic heterocycles. The third-order valence-electron chi connectivity index (χ3n) is 6.02. The molecule has 1 heterocycles. The van der Waals surface area contributed by atoms with Crippen LogP contribution in [0.3, 0.4) is 0 Å². The van der Waals surface area contributed by atoms with E-state index >= 15 is 0 Å². The second kappa shape index (κ2) is 6.09. The van der Waals surface area contributed by atoms with Crippen LogP contribution in [0, 0.1) is 11.1 Å². The maximum atomic E-state index is 12.4. The van der Waals surface area contributed by atoms with Gasteiger partial charge in [0.15, 0.2) is 5.91 Å². The number of likely N-dealkylation sites (tertiary alicyclic amines) is 1. The van der Waals surface area contributed by atoms with Crippen LogP contribution in [0.25, 0.3) is 0 Å². The van der Waals surface area contributed by atoms with E-state index in [1.807, 2.05) is 4.90 Å². The molecule has 2 aliphatic carbocycles. The molecular weight excluding hydrogens is 293 g/mol. The van der Waals surface area contributed by atoms with E-state index in [2.05, 4.69) is 25.1 Å². The number of rotatable bonds is 3. The third kappa shape index (κ3) is 2.78. The highest BCUT2D eigenvalue weighted by atomic mass is 31.1. The number of allylic oxidation sites excluding steroid dienone is 2. The number of nitrogens with zero attached hydrogens (tertiary/aromatic N) is 1. The van der Waals surface area contributed by atoms with Crippen LogP contribution in [-0.4, -0.2) is 47.6 Å². The molecule has 3 rings (SSSR count). The first-order valence-corrected chi connectivity index (χ1v) is 10.5. The molecule has 0 aromatic carbocycles. The Morgan fingerprint density at radius 3 is 2.73 bits per heavy atom. The van der Waals surface area contributed by atoms with Gasteiger partial charge in [0.1, 0.15) is 0 Å². The topological polar surface area (TPSA) is 40.5 Å². The van der Waals surface area contributed by atoms with Crippen LogP contribution in [0.2, 0.25) is 0 Å². The van der Waals surface area contributed by atoms with Gasteiger partial charge in [-0.15, -0.1) is 0 Å². The average molecular weight is 321 g/mol. The molecular formula is C18H28NO2P. The summed E-state index contributed by atoms with van der Waals surface area (Å²) >= 11 is 0. The van der Waals surface area contributed by atoms with Gasteiger partial charge in [-0.1, -0.05) is 51.2 Å². The van der Waals surface area contributed by atoms with Crippen molar-refractivity contribution in [2.75, 3.05) is 19.8 Å². The third-order valence-corrected chi connectivity index (χ3v) is 7.40. The molecule has 22 heavy (non-hydrogen) atoms. The van der Waals surface area contributed by atoms with Gasteiger partial charge in [-0.3, -0.25) is 4.79 Å². The summed E-state index contributed by atoms with van der Waals surface area (Å²) in [4.78, 5) is 14.3. The van der Waals surface area contributed by atoms with Crippen LogP contribution in [-0.2, 0) is 4.79 Å². The molecule has 1 saturated carbocycles. The molecule has 0 aromatic rings. The fraction of sp³-hybridized carbons (Fsp3) is 0.722. The van der Waals surface area contributed by atoms with Crippen molar-refractivity contribution in [3.05, 3.63) is 17.8 Å². The maximum absolute atomic E-state index is 12.4. The summed E-state index contributed by atoms with van der Waals surface area (Å²) in [6.45, 7) is 3.35. The van der Waals surface area contributed by atoms with Gasteiger partial charge in [-0.05, 0) is 32.1 Å². The second-order valence-electron chi connectivity index (χ2n) is 7.42. The zero-order valence-corrected chi connectivity index (χ0v) is 14.6. The standard InChI is InChI=1S/C18H28NO2P/c1-22(2)15-12-16(20)19(13-15)14-18(21)11-5-3-4-8-17(18)9-6-7-10-17/h3-4,21H,1,5-14H2,2H3/t18-/m1/s1. The fourth-order valence-electron chi connectivity index (χ4n) is 4.54. The number of amides is 1. The summed E-state index contributed by atoms with van der Waals surface area (Å²) in [5.41, 5.74) is 0.538. The highest BCUT2D eigenvalue weighted by Crippen LogP contribution is 2.53. The Kier molecular flexibility index (Phi) is 4.49. The van der Waals surface area contributed by atoms with Gasteiger partial charge >= 0.3 is 0 Å². The molecule has 1 amide bonds. The van der Waals surface area contributed by atoms with E-state index in [-0.39, 0.29) is 11.3 Å². The van der Waals surface area contributed by atoms with Crippen LogP contribution in [0.15, 0.2) is 12.2 Å². The van der Waals surface area contributed by atoms with Gasteiger partial charge in [0.2, 0.25) is 0 Å². The Morgan fingerprint density at radius 2 is 2.09 bits per heavy atom. The van der Waals surface area contributed by atoms with E-state index in [0.29, 0.717) is 13.0 Å².